The molecular weight excluding hydrogens is 310 g/mol. The molecule has 25 heavy (non-hydrogen) atoms. The van der Waals surface area contributed by atoms with Crippen LogP contribution in [0.3, 0.4) is 0 Å². The molecule has 3 saturated carbocycles. The highest BCUT2D eigenvalue weighted by atomic mass is 16.5. The predicted molar refractivity (Wildman–Crippen MR) is 97.6 cm³/mol. The van der Waals surface area contributed by atoms with Gasteiger partial charge in [0.25, 0.3) is 0 Å². The highest BCUT2D eigenvalue weighted by Crippen LogP contribution is 2.80. The maximum atomic E-state index is 13.1. The lowest BCUT2D eigenvalue weighted by Gasteiger charge is -2.25. The number of hydrogen-bond donors (Lipinski definition) is 1. The van der Waals surface area contributed by atoms with Crippen LogP contribution in [0.25, 0.3) is 0 Å². The van der Waals surface area contributed by atoms with Crippen LogP contribution >= 0.6 is 0 Å². The average molecular weight is 339 g/mol. The van der Waals surface area contributed by atoms with E-state index < -0.39 is 0 Å². The zero-order valence-corrected chi connectivity index (χ0v) is 15.4. The van der Waals surface area contributed by atoms with Crippen molar-refractivity contribution in [3.05, 3.63) is 29.3 Å². The lowest BCUT2D eigenvalue weighted by atomic mass is 9.82. The van der Waals surface area contributed by atoms with Gasteiger partial charge in [0.2, 0.25) is 5.91 Å². The van der Waals surface area contributed by atoms with Gasteiger partial charge < -0.3 is 10.1 Å². The minimum absolute atomic E-state index is 0.0351. The van der Waals surface area contributed by atoms with E-state index in [9.17, 15) is 4.79 Å². The van der Waals surface area contributed by atoms with Crippen LogP contribution in [0.4, 0.5) is 0 Å². The second-order valence-electron chi connectivity index (χ2n) is 8.86. The van der Waals surface area contributed by atoms with E-state index >= 15 is 0 Å². The van der Waals surface area contributed by atoms with Crippen molar-refractivity contribution in [1.82, 2.24) is 5.32 Å². The summed E-state index contributed by atoms with van der Waals surface area (Å²) < 4.78 is 5.35. The second kappa shape index (κ2) is 5.49. The summed E-state index contributed by atoms with van der Waals surface area (Å²) in [6, 6.07) is 6.71. The molecule has 1 spiro atoms. The van der Waals surface area contributed by atoms with Crippen molar-refractivity contribution in [2.75, 3.05) is 7.11 Å². The molecule has 6 unspecified atom stereocenters. The van der Waals surface area contributed by atoms with Crippen LogP contribution < -0.4 is 10.1 Å². The number of fused-ring (bicyclic) bond motifs is 1. The summed E-state index contributed by atoms with van der Waals surface area (Å²) in [6.45, 7) is 2.32. The van der Waals surface area contributed by atoms with E-state index in [0.29, 0.717) is 11.5 Å². The molecule has 0 aliphatic heterocycles. The molecular formula is C22H29NO2. The summed E-state index contributed by atoms with van der Waals surface area (Å²) >= 11 is 0. The van der Waals surface area contributed by atoms with Gasteiger partial charge in [-0.3, -0.25) is 4.79 Å². The van der Waals surface area contributed by atoms with Crippen molar-refractivity contribution in [1.29, 1.82) is 0 Å². The average Bonchev–Trinajstić information content (AvgIpc) is 3.52. The number of hydrogen-bond acceptors (Lipinski definition) is 2. The number of carbonyl (C=O) groups excluding carboxylic acids is 1. The molecule has 3 fully saturated rings. The predicted octanol–water partition coefficient (Wildman–Crippen LogP) is 4.06. The van der Waals surface area contributed by atoms with Crippen molar-refractivity contribution >= 4 is 5.91 Å². The Morgan fingerprint density at radius 1 is 1.36 bits per heavy atom. The molecule has 1 aromatic rings. The first kappa shape index (κ1) is 15.7. The van der Waals surface area contributed by atoms with Gasteiger partial charge in [-0.05, 0) is 85.0 Å². The Morgan fingerprint density at radius 3 is 3.04 bits per heavy atom. The van der Waals surface area contributed by atoms with E-state index in [0.717, 1.165) is 42.8 Å². The number of rotatable bonds is 4. The number of carbonyl (C=O) groups is 1. The highest BCUT2D eigenvalue weighted by Gasteiger charge is 2.79. The molecule has 3 heteroatoms. The summed E-state index contributed by atoms with van der Waals surface area (Å²) in [4.78, 5) is 13.1. The van der Waals surface area contributed by atoms with E-state index in [-0.39, 0.29) is 11.8 Å². The number of methoxy groups -OCH3 is 1. The lowest BCUT2D eigenvalue weighted by molar-refractivity contribution is -0.123. The van der Waals surface area contributed by atoms with Gasteiger partial charge in [0.15, 0.2) is 0 Å². The molecule has 1 amide bonds. The van der Waals surface area contributed by atoms with E-state index in [4.69, 9.17) is 4.74 Å². The smallest absolute Gasteiger partial charge is 0.227 e. The number of ether oxygens (including phenoxy) is 1. The van der Waals surface area contributed by atoms with Crippen molar-refractivity contribution in [3.8, 4) is 5.75 Å². The molecule has 1 aromatic carbocycles. The van der Waals surface area contributed by atoms with E-state index in [1.807, 2.05) is 6.07 Å². The highest BCUT2D eigenvalue weighted by molar-refractivity contribution is 5.85. The van der Waals surface area contributed by atoms with Gasteiger partial charge in [-0.15, -0.1) is 0 Å². The molecule has 0 heterocycles. The van der Waals surface area contributed by atoms with Crippen LogP contribution in [0.15, 0.2) is 18.2 Å². The number of nitrogens with one attached hydrogen (secondary N) is 1. The zero-order valence-electron chi connectivity index (χ0n) is 15.4. The fourth-order valence-electron chi connectivity index (χ4n) is 6.27. The van der Waals surface area contributed by atoms with Gasteiger partial charge >= 0.3 is 0 Å². The van der Waals surface area contributed by atoms with Gasteiger partial charge in [0, 0.05) is 6.04 Å². The standard InChI is InChI=1S/C22H29NO2/c1-3-13-9-15-12-22(15)19(10-13)20(22)23-21(24)18-6-4-5-14-11-16(25-2)7-8-17(14)18/h7-8,11,13,15,18-20H,3-6,9-10,12H2,1-2H3,(H,23,24). The van der Waals surface area contributed by atoms with Crippen LogP contribution in [0.2, 0.25) is 0 Å². The van der Waals surface area contributed by atoms with Crippen molar-refractivity contribution in [2.45, 2.75) is 63.8 Å². The Balaban J connectivity index is 1.31. The van der Waals surface area contributed by atoms with E-state index in [1.54, 1.807) is 7.11 Å². The summed E-state index contributed by atoms with van der Waals surface area (Å²) in [6.07, 6.45) is 8.57. The van der Waals surface area contributed by atoms with Crippen molar-refractivity contribution < 1.29 is 9.53 Å². The van der Waals surface area contributed by atoms with Gasteiger partial charge in [-0.2, -0.15) is 0 Å². The minimum atomic E-state index is 0.0351. The first-order chi connectivity index (χ1) is 12.2. The Labute approximate surface area is 150 Å². The molecule has 4 aliphatic rings. The van der Waals surface area contributed by atoms with Crippen LogP contribution in [-0.4, -0.2) is 19.1 Å². The Morgan fingerprint density at radius 2 is 2.24 bits per heavy atom. The second-order valence-corrected chi connectivity index (χ2v) is 8.86. The third kappa shape index (κ3) is 2.27. The molecule has 0 bridgehead atoms. The number of amides is 1. The molecule has 1 N–H and O–H groups in total. The summed E-state index contributed by atoms with van der Waals surface area (Å²) in [5.41, 5.74) is 3.05. The molecule has 5 rings (SSSR count). The fraction of sp³-hybridized carbons (Fsp3) is 0.682. The largest absolute Gasteiger partial charge is 0.497 e. The van der Waals surface area contributed by atoms with Crippen LogP contribution in [0, 0.1) is 23.2 Å². The molecule has 6 atom stereocenters. The van der Waals surface area contributed by atoms with E-state index in [2.05, 4.69) is 24.4 Å². The van der Waals surface area contributed by atoms with Gasteiger partial charge in [0.1, 0.15) is 5.75 Å². The normalized spacial score (nSPS) is 40.3. The van der Waals surface area contributed by atoms with Gasteiger partial charge in [-0.1, -0.05) is 19.4 Å². The molecule has 0 radical (unpaired) electrons. The number of aryl methyl sites for hydroxylation is 1. The topological polar surface area (TPSA) is 38.3 Å². The summed E-state index contributed by atoms with van der Waals surface area (Å²) in [5, 5.41) is 3.49. The fourth-order valence-corrected chi connectivity index (χ4v) is 6.27. The zero-order chi connectivity index (χ0) is 17.2. The Kier molecular flexibility index (Phi) is 3.45. The first-order valence-electron chi connectivity index (χ1n) is 10.1. The van der Waals surface area contributed by atoms with Crippen LogP contribution in [0.5, 0.6) is 5.75 Å². The van der Waals surface area contributed by atoms with Crippen LogP contribution in [0.1, 0.15) is 62.5 Å². The quantitative estimate of drug-likeness (QED) is 0.898. The summed E-state index contributed by atoms with van der Waals surface area (Å²) in [7, 11) is 1.71. The third-order valence-electron chi connectivity index (χ3n) is 7.82. The maximum Gasteiger partial charge on any atom is 0.227 e. The minimum Gasteiger partial charge on any atom is -0.497 e. The van der Waals surface area contributed by atoms with Gasteiger partial charge in [0.05, 0.1) is 13.0 Å². The monoisotopic (exact) mass is 339 g/mol. The summed E-state index contributed by atoms with van der Waals surface area (Å²) in [5.74, 6) is 3.80. The number of benzene rings is 1. The Bertz CT molecular complexity index is 714. The molecule has 3 nitrogen and oxygen atoms in total. The van der Waals surface area contributed by atoms with Crippen molar-refractivity contribution in [2.24, 2.45) is 23.2 Å². The third-order valence-corrected chi connectivity index (χ3v) is 7.82. The molecule has 0 aromatic heterocycles. The maximum absolute atomic E-state index is 13.1. The van der Waals surface area contributed by atoms with Gasteiger partial charge in [-0.25, -0.2) is 0 Å². The van der Waals surface area contributed by atoms with Crippen LogP contribution in [-0.2, 0) is 11.2 Å². The van der Waals surface area contributed by atoms with E-state index in [1.165, 1.54) is 36.8 Å². The lowest BCUT2D eigenvalue weighted by Crippen LogP contribution is -2.34. The SMILES string of the molecule is CCC1CC2CC23C(C1)C3NC(=O)C1CCCc2cc(OC)ccc21. The first-order valence-corrected chi connectivity index (χ1v) is 10.1. The Hall–Kier alpha value is -1.51. The molecule has 4 aliphatic carbocycles. The van der Waals surface area contributed by atoms with Crippen molar-refractivity contribution in [3.63, 3.8) is 0 Å². The molecule has 134 valence electrons. The molecule has 0 saturated heterocycles.